The van der Waals surface area contributed by atoms with Crippen molar-refractivity contribution in [2.24, 2.45) is 0 Å². The van der Waals surface area contributed by atoms with Gasteiger partial charge in [-0.3, -0.25) is 4.57 Å². The summed E-state index contributed by atoms with van der Waals surface area (Å²) < 4.78 is 7.44. The first-order valence-electron chi connectivity index (χ1n) is 17.4. The summed E-state index contributed by atoms with van der Waals surface area (Å²) in [6.45, 7) is 0. The molecule has 0 aliphatic rings. The molecular weight excluding hydrogens is 639 g/mol. The summed E-state index contributed by atoms with van der Waals surface area (Å²) in [5.41, 5.74) is 7.99. The largest absolute Gasteiger partial charge is 0.307 e. The van der Waals surface area contributed by atoms with Crippen molar-refractivity contribution in [3.8, 4) is 22.8 Å². The molecule has 236 valence electrons. The quantitative estimate of drug-likeness (QED) is 0.172. The van der Waals surface area contributed by atoms with E-state index in [-0.39, 0.29) is 0 Å². The summed E-state index contributed by atoms with van der Waals surface area (Å²) in [6, 6.07) is 59.5. The maximum atomic E-state index is 5.54. The van der Waals surface area contributed by atoms with Crippen LogP contribution >= 0.6 is 11.3 Å². The Balaban J connectivity index is 1.18. The molecule has 0 amide bonds. The maximum Gasteiger partial charge on any atom is 0.138 e. The SMILES string of the molecule is c1ccc(-n2c3ccccc3c3ccc4c5ccccc5n(-c5cccc(-c6ccc7c8ccccc8c8cccc9sc6c7c98)n5)c4c32)cc1. The van der Waals surface area contributed by atoms with Gasteiger partial charge in [0.05, 0.1) is 27.8 Å². The standard InChI is InChI=1S/C47H27N3S/c1-2-12-28(13-3-1)49-39-20-8-6-16-31(39)35-25-26-36-32-17-7-9-21-40(32)50(46(36)45(35)49)42-23-11-19-38(48-42)37-27-24-34-30-15-5-4-14-29(30)33-18-10-22-41-43(33)44(34)47(37)51-41/h1-27H. The lowest BCUT2D eigenvalue weighted by Crippen LogP contribution is -2.01. The van der Waals surface area contributed by atoms with E-state index in [1.165, 1.54) is 79.9 Å². The van der Waals surface area contributed by atoms with E-state index in [1.54, 1.807) is 0 Å². The molecule has 0 radical (unpaired) electrons. The third-order valence-electron chi connectivity index (χ3n) is 10.9. The van der Waals surface area contributed by atoms with Gasteiger partial charge < -0.3 is 4.57 Å². The van der Waals surface area contributed by atoms with E-state index in [0.29, 0.717) is 0 Å². The van der Waals surface area contributed by atoms with E-state index in [0.717, 1.165) is 28.2 Å². The zero-order valence-electron chi connectivity index (χ0n) is 27.3. The minimum atomic E-state index is 0.910. The van der Waals surface area contributed by atoms with Crippen LogP contribution in [0, 0.1) is 0 Å². The van der Waals surface area contributed by atoms with E-state index in [9.17, 15) is 0 Å². The van der Waals surface area contributed by atoms with Gasteiger partial charge in [-0.1, -0.05) is 121 Å². The fourth-order valence-electron chi connectivity index (χ4n) is 8.81. The van der Waals surface area contributed by atoms with Crippen molar-refractivity contribution in [1.29, 1.82) is 0 Å². The predicted molar refractivity (Wildman–Crippen MR) is 217 cm³/mol. The van der Waals surface area contributed by atoms with Crippen LogP contribution in [0.1, 0.15) is 0 Å². The Morgan fingerprint density at radius 3 is 1.71 bits per heavy atom. The van der Waals surface area contributed by atoms with Gasteiger partial charge in [0, 0.05) is 53.0 Å². The number of rotatable bonds is 3. The van der Waals surface area contributed by atoms with E-state index >= 15 is 0 Å². The maximum absolute atomic E-state index is 5.54. The Labute approximate surface area is 296 Å². The highest BCUT2D eigenvalue weighted by Gasteiger charge is 2.23. The lowest BCUT2D eigenvalue weighted by molar-refractivity contribution is 1.08. The highest BCUT2D eigenvalue weighted by atomic mass is 32.1. The Morgan fingerprint density at radius 1 is 0.392 bits per heavy atom. The molecule has 0 N–H and O–H groups in total. The molecule has 0 saturated carbocycles. The Bertz CT molecular complexity index is 3360. The first-order valence-corrected chi connectivity index (χ1v) is 18.2. The molecule has 0 saturated heterocycles. The molecule has 51 heavy (non-hydrogen) atoms. The highest BCUT2D eigenvalue weighted by molar-refractivity contribution is 7.26. The molecule has 0 bridgehead atoms. The van der Waals surface area contributed by atoms with Crippen LogP contribution in [-0.2, 0) is 0 Å². The van der Waals surface area contributed by atoms with E-state index in [4.69, 9.17) is 4.98 Å². The summed E-state index contributed by atoms with van der Waals surface area (Å²) in [4.78, 5) is 5.54. The fraction of sp³-hybridized carbons (Fsp3) is 0. The number of pyridine rings is 1. The first-order chi connectivity index (χ1) is 25.3. The van der Waals surface area contributed by atoms with E-state index < -0.39 is 0 Å². The molecule has 0 aliphatic carbocycles. The molecule has 4 heterocycles. The molecule has 12 rings (SSSR count). The van der Waals surface area contributed by atoms with Crippen molar-refractivity contribution in [3.63, 3.8) is 0 Å². The van der Waals surface area contributed by atoms with Crippen LogP contribution < -0.4 is 0 Å². The molecule has 4 aromatic heterocycles. The molecule has 8 aromatic carbocycles. The smallest absolute Gasteiger partial charge is 0.138 e. The number of aromatic nitrogens is 3. The number of benzene rings is 8. The summed E-state index contributed by atoms with van der Waals surface area (Å²) in [5, 5.41) is 12.9. The summed E-state index contributed by atoms with van der Waals surface area (Å²) in [7, 11) is 0. The average molecular weight is 666 g/mol. The lowest BCUT2D eigenvalue weighted by atomic mass is 9.93. The molecule has 4 heteroatoms. The topological polar surface area (TPSA) is 22.8 Å². The second-order valence-electron chi connectivity index (χ2n) is 13.5. The fourth-order valence-corrected chi connectivity index (χ4v) is 10.1. The minimum Gasteiger partial charge on any atom is -0.307 e. The molecule has 0 fully saturated rings. The zero-order chi connectivity index (χ0) is 33.2. The number of thiophene rings is 1. The van der Waals surface area contributed by atoms with E-state index in [2.05, 4.69) is 173 Å². The van der Waals surface area contributed by atoms with Crippen molar-refractivity contribution in [3.05, 3.63) is 164 Å². The van der Waals surface area contributed by atoms with Gasteiger partial charge in [-0.05, 0) is 64.0 Å². The highest BCUT2D eigenvalue weighted by Crippen LogP contribution is 2.48. The van der Waals surface area contributed by atoms with Crippen molar-refractivity contribution >= 4 is 96.7 Å². The van der Waals surface area contributed by atoms with Crippen LogP contribution in [0.15, 0.2) is 164 Å². The second-order valence-corrected chi connectivity index (χ2v) is 14.5. The Morgan fingerprint density at radius 2 is 0.961 bits per heavy atom. The van der Waals surface area contributed by atoms with Crippen LogP contribution in [0.4, 0.5) is 0 Å². The summed E-state index contributed by atoms with van der Waals surface area (Å²) in [5.74, 6) is 0.910. The number of fused-ring (bicyclic) bond motifs is 10. The number of hydrogen-bond donors (Lipinski definition) is 0. The van der Waals surface area contributed by atoms with Crippen LogP contribution in [-0.4, -0.2) is 14.1 Å². The van der Waals surface area contributed by atoms with Crippen molar-refractivity contribution in [1.82, 2.24) is 14.1 Å². The summed E-state index contributed by atoms with van der Waals surface area (Å²) >= 11 is 1.88. The van der Waals surface area contributed by atoms with Gasteiger partial charge in [0.1, 0.15) is 5.82 Å². The van der Waals surface area contributed by atoms with Gasteiger partial charge in [0.15, 0.2) is 0 Å². The normalized spacial score (nSPS) is 12.3. The Hall–Kier alpha value is -6.49. The molecular formula is C47H27N3S. The van der Waals surface area contributed by atoms with Crippen LogP contribution in [0.25, 0.3) is 108 Å². The minimum absolute atomic E-state index is 0.910. The number of hydrogen-bond acceptors (Lipinski definition) is 2. The van der Waals surface area contributed by atoms with Crippen LogP contribution in [0.5, 0.6) is 0 Å². The molecule has 0 unspecified atom stereocenters. The van der Waals surface area contributed by atoms with Crippen LogP contribution in [0.2, 0.25) is 0 Å². The van der Waals surface area contributed by atoms with Gasteiger partial charge >= 0.3 is 0 Å². The number of para-hydroxylation sites is 3. The first kappa shape index (κ1) is 27.3. The lowest BCUT2D eigenvalue weighted by Gasteiger charge is -2.13. The van der Waals surface area contributed by atoms with Crippen molar-refractivity contribution < 1.29 is 0 Å². The monoisotopic (exact) mass is 665 g/mol. The van der Waals surface area contributed by atoms with Crippen LogP contribution in [0.3, 0.4) is 0 Å². The van der Waals surface area contributed by atoms with Gasteiger partial charge in [-0.25, -0.2) is 4.98 Å². The summed E-state index contributed by atoms with van der Waals surface area (Å²) in [6.07, 6.45) is 0. The Kier molecular flexibility index (Phi) is 5.38. The molecule has 12 aromatic rings. The molecule has 0 spiro atoms. The molecule has 0 atom stereocenters. The predicted octanol–water partition coefficient (Wildman–Crippen LogP) is 13.1. The van der Waals surface area contributed by atoms with Gasteiger partial charge in [0.25, 0.3) is 0 Å². The van der Waals surface area contributed by atoms with Gasteiger partial charge in [-0.2, -0.15) is 0 Å². The molecule has 0 aliphatic heterocycles. The van der Waals surface area contributed by atoms with Crippen molar-refractivity contribution in [2.75, 3.05) is 0 Å². The zero-order valence-corrected chi connectivity index (χ0v) is 28.2. The van der Waals surface area contributed by atoms with E-state index in [1.807, 2.05) is 11.3 Å². The third-order valence-corrected chi connectivity index (χ3v) is 12.1. The third kappa shape index (κ3) is 3.59. The number of nitrogens with zero attached hydrogens (tertiary/aromatic N) is 3. The van der Waals surface area contributed by atoms with Gasteiger partial charge in [0.2, 0.25) is 0 Å². The average Bonchev–Trinajstić information content (AvgIpc) is 3.86. The van der Waals surface area contributed by atoms with Gasteiger partial charge in [-0.15, -0.1) is 11.3 Å². The second kappa shape index (κ2) is 10.0. The van der Waals surface area contributed by atoms with Crippen molar-refractivity contribution in [2.45, 2.75) is 0 Å². The molecule has 3 nitrogen and oxygen atoms in total.